The number of urea groups is 1. The zero-order valence-electron chi connectivity index (χ0n) is 15.2. The molecular formula is C18H23N5O2S. The molecule has 0 spiro atoms. The van der Waals surface area contributed by atoms with Crippen molar-refractivity contribution in [3.8, 4) is 5.69 Å². The molecule has 3 rings (SSSR count). The van der Waals surface area contributed by atoms with Crippen molar-refractivity contribution in [3.05, 3.63) is 36.2 Å². The van der Waals surface area contributed by atoms with Gasteiger partial charge in [0, 0.05) is 11.5 Å². The average molecular weight is 373 g/mol. The molecule has 2 aromatic rings. The van der Waals surface area contributed by atoms with Crippen LogP contribution in [0.3, 0.4) is 0 Å². The van der Waals surface area contributed by atoms with Crippen LogP contribution in [0, 0.1) is 0 Å². The van der Waals surface area contributed by atoms with E-state index in [0.717, 1.165) is 24.4 Å². The zero-order chi connectivity index (χ0) is 18.7. The highest BCUT2D eigenvalue weighted by Gasteiger charge is 2.30. The minimum absolute atomic E-state index is 0.0838. The Morgan fingerprint density at radius 1 is 1.23 bits per heavy atom. The maximum Gasteiger partial charge on any atom is 0.321 e. The molecule has 0 atom stereocenters. The van der Waals surface area contributed by atoms with Crippen molar-refractivity contribution in [2.75, 3.05) is 5.75 Å². The Hall–Kier alpha value is -2.35. The molecular weight excluding hydrogens is 350 g/mol. The van der Waals surface area contributed by atoms with Crippen molar-refractivity contribution in [2.45, 2.75) is 50.2 Å². The van der Waals surface area contributed by atoms with Gasteiger partial charge in [-0.25, -0.2) is 14.5 Å². The lowest BCUT2D eigenvalue weighted by atomic mass is 10.1. The van der Waals surface area contributed by atoms with E-state index in [0.29, 0.717) is 11.1 Å². The first-order valence-corrected chi connectivity index (χ1v) is 9.57. The van der Waals surface area contributed by atoms with Crippen molar-refractivity contribution in [1.82, 2.24) is 25.4 Å². The third-order valence-corrected chi connectivity index (χ3v) is 4.47. The number of benzene rings is 1. The van der Waals surface area contributed by atoms with Crippen LogP contribution < -0.4 is 10.6 Å². The minimum atomic E-state index is -0.496. The predicted octanol–water partition coefficient (Wildman–Crippen LogP) is 2.86. The van der Waals surface area contributed by atoms with Gasteiger partial charge in [0.25, 0.3) is 0 Å². The molecule has 1 aliphatic carbocycles. The van der Waals surface area contributed by atoms with Gasteiger partial charge in [0.2, 0.25) is 11.1 Å². The van der Waals surface area contributed by atoms with Gasteiger partial charge >= 0.3 is 6.03 Å². The Morgan fingerprint density at radius 2 is 1.92 bits per heavy atom. The number of carbonyl (C=O) groups is 2. The predicted molar refractivity (Wildman–Crippen MR) is 100 cm³/mol. The molecule has 1 fully saturated rings. The standard InChI is InChI=1S/C18H23N5O2S/c1-18(2,3)21-16(25)19-14(24)11-26-17-20-15(12-9-10-12)23(22-17)13-7-5-4-6-8-13/h4-8,12H,9-11H2,1-3H3,(H2,19,21,24,25). The van der Waals surface area contributed by atoms with Crippen molar-refractivity contribution < 1.29 is 9.59 Å². The van der Waals surface area contributed by atoms with Crippen molar-refractivity contribution in [2.24, 2.45) is 0 Å². The van der Waals surface area contributed by atoms with E-state index in [1.54, 1.807) is 0 Å². The Labute approximate surface area is 157 Å². The van der Waals surface area contributed by atoms with Gasteiger partial charge in [-0.05, 0) is 45.7 Å². The molecule has 0 bridgehead atoms. The molecule has 2 N–H and O–H groups in total. The van der Waals surface area contributed by atoms with E-state index < -0.39 is 11.6 Å². The van der Waals surface area contributed by atoms with Gasteiger partial charge in [-0.1, -0.05) is 30.0 Å². The van der Waals surface area contributed by atoms with Crippen LogP contribution in [-0.4, -0.2) is 38.0 Å². The number of hydrogen-bond acceptors (Lipinski definition) is 5. The lowest BCUT2D eigenvalue weighted by Crippen LogP contribution is -2.48. The lowest BCUT2D eigenvalue weighted by Gasteiger charge is -2.20. The highest BCUT2D eigenvalue weighted by molar-refractivity contribution is 7.99. The number of aromatic nitrogens is 3. The van der Waals surface area contributed by atoms with E-state index in [2.05, 4.69) is 20.7 Å². The van der Waals surface area contributed by atoms with Crippen LogP contribution >= 0.6 is 11.8 Å². The number of hydrogen-bond donors (Lipinski definition) is 2. The van der Waals surface area contributed by atoms with Gasteiger partial charge in [-0.15, -0.1) is 5.10 Å². The molecule has 0 unspecified atom stereocenters. The molecule has 1 saturated carbocycles. The number of carbonyl (C=O) groups excluding carboxylic acids is 2. The summed E-state index contributed by atoms with van der Waals surface area (Å²) >= 11 is 1.23. The van der Waals surface area contributed by atoms with E-state index in [4.69, 9.17) is 0 Å². The Morgan fingerprint density at radius 3 is 2.54 bits per heavy atom. The second kappa shape index (κ2) is 7.49. The number of rotatable bonds is 5. The van der Waals surface area contributed by atoms with E-state index in [1.165, 1.54) is 11.8 Å². The van der Waals surface area contributed by atoms with Gasteiger partial charge in [-0.2, -0.15) is 0 Å². The molecule has 0 radical (unpaired) electrons. The molecule has 26 heavy (non-hydrogen) atoms. The van der Waals surface area contributed by atoms with Crippen LogP contribution in [0.5, 0.6) is 0 Å². The smallest absolute Gasteiger partial charge is 0.321 e. The summed E-state index contributed by atoms with van der Waals surface area (Å²) in [7, 11) is 0. The van der Waals surface area contributed by atoms with E-state index in [1.807, 2.05) is 55.8 Å². The SMILES string of the molecule is CC(C)(C)NC(=O)NC(=O)CSc1nc(C2CC2)n(-c2ccccc2)n1. The summed E-state index contributed by atoms with van der Waals surface area (Å²) in [4.78, 5) is 28.3. The zero-order valence-corrected chi connectivity index (χ0v) is 16.0. The summed E-state index contributed by atoms with van der Waals surface area (Å²) in [6, 6.07) is 9.35. The fourth-order valence-electron chi connectivity index (χ4n) is 2.40. The molecule has 7 nitrogen and oxygen atoms in total. The Bertz CT molecular complexity index is 794. The Kier molecular flexibility index (Phi) is 5.31. The number of nitrogens with one attached hydrogen (secondary N) is 2. The lowest BCUT2D eigenvalue weighted by molar-refractivity contribution is -0.117. The first-order valence-electron chi connectivity index (χ1n) is 8.59. The second-order valence-corrected chi connectivity index (χ2v) is 8.26. The molecule has 0 saturated heterocycles. The maximum absolute atomic E-state index is 12.0. The summed E-state index contributed by atoms with van der Waals surface area (Å²) in [5.74, 6) is 1.08. The van der Waals surface area contributed by atoms with Crippen LogP contribution in [0.1, 0.15) is 45.4 Å². The van der Waals surface area contributed by atoms with Crippen LogP contribution in [0.25, 0.3) is 5.69 Å². The van der Waals surface area contributed by atoms with Crippen LogP contribution in [-0.2, 0) is 4.79 Å². The van der Waals surface area contributed by atoms with Crippen molar-refractivity contribution >= 4 is 23.7 Å². The van der Waals surface area contributed by atoms with Gasteiger partial charge in [-0.3, -0.25) is 10.1 Å². The van der Waals surface area contributed by atoms with Crippen molar-refractivity contribution in [1.29, 1.82) is 0 Å². The summed E-state index contributed by atoms with van der Waals surface area (Å²) in [6.07, 6.45) is 2.23. The van der Waals surface area contributed by atoms with E-state index in [-0.39, 0.29) is 11.7 Å². The highest BCUT2D eigenvalue weighted by Crippen LogP contribution is 2.40. The maximum atomic E-state index is 12.0. The molecule has 1 aromatic carbocycles. The van der Waals surface area contributed by atoms with Crippen molar-refractivity contribution in [3.63, 3.8) is 0 Å². The number of imide groups is 1. The van der Waals surface area contributed by atoms with Gasteiger partial charge in [0.15, 0.2) is 0 Å². The summed E-state index contributed by atoms with van der Waals surface area (Å²) < 4.78 is 1.85. The minimum Gasteiger partial charge on any atom is -0.333 e. The average Bonchev–Trinajstić information content (AvgIpc) is 3.31. The van der Waals surface area contributed by atoms with E-state index in [9.17, 15) is 9.59 Å². The molecule has 1 aromatic heterocycles. The third-order valence-electron chi connectivity index (χ3n) is 3.63. The molecule has 138 valence electrons. The highest BCUT2D eigenvalue weighted by atomic mass is 32.2. The quantitative estimate of drug-likeness (QED) is 0.787. The van der Waals surface area contributed by atoms with Gasteiger partial charge in [0.05, 0.1) is 11.4 Å². The summed E-state index contributed by atoms with van der Waals surface area (Å²) in [6.45, 7) is 5.56. The van der Waals surface area contributed by atoms with Gasteiger partial charge < -0.3 is 5.32 Å². The monoisotopic (exact) mass is 373 g/mol. The number of amides is 3. The topological polar surface area (TPSA) is 88.9 Å². The van der Waals surface area contributed by atoms with Crippen LogP contribution in [0.2, 0.25) is 0 Å². The molecule has 3 amide bonds. The number of para-hydroxylation sites is 1. The fourth-order valence-corrected chi connectivity index (χ4v) is 3.03. The number of nitrogens with zero attached hydrogens (tertiary/aromatic N) is 3. The molecule has 1 heterocycles. The summed E-state index contributed by atoms with van der Waals surface area (Å²) in [5.41, 5.74) is 0.565. The van der Waals surface area contributed by atoms with Crippen LogP contribution in [0.4, 0.5) is 4.79 Å². The molecule has 1 aliphatic rings. The van der Waals surface area contributed by atoms with Crippen LogP contribution in [0.15, 0.2) is 35.5 Å². The molecule has 0 aliphatic heterocycles. The third kappa shape index (κ3) is 5.08. The normalized spacial score (nSPS) is 14.1. The summed E-state index contributed by atoms with van der Waals surface area (Å²) in [5, 5.41) is 10.1. The molecule has 8 heteroatoms. The first kappa shape index (κ1) is 18.4. The largest absolute Gasteiger partial charge is 0.333 e. The van der Waals surface area contributed by atoms with E-state index >= 15 is 0 Å². The number of thioether (sulfide) groups is 1. The fraction of sp³-hybridized carbons (Fsp3) is 0.444. The van der Waals surface area contributed by atoms with Gasteiger partial charge in [0.1, 0.15) is 5.82 Å². The second-order valence-electron chi connectivity index (χ2n) is 7.32. The Balaban J connectivity index is 1.62. The first-order chi connectivity index (χ1) is 12.3.